The van der Waals surface area contributed by atoms with Gasteiger partial charge in [-0.1, -0.05) is 0 Å². The van der Waals surface area contributed by atoms with Gasteiger partial charge in [0.25, 0.3) is 0 Å². The average Bonchev–Trinajstić information content (AvgIpc) is 2.21. The van der Waals surface area contributed by atoms with Crippen molar-refractivity contribution in [1.29, 1.82) is 5.26 Å². The fourth-order valence-electron chi connectivity index (χ4n) is 1.13. The first kappa shape index (κ1) is 12.9. The lowest BCUT2D eigenvalue weighted by Gasteiger charge is -2.11. The summed E-state index contributed by atoms with van der Waals surface area (Å²) in [5, 5.41) is 8.41. The number of H-pyrrole nitrogens is 1. The Morgan fingerprint density at radius 3 is 2.65 bits per heavy atom. The molecule has 92 valence electrons. The van der Waals surface area contributed by atoms with Crippen LogP contribution in [0.2, 0.25) is 0 Å². The number of halogens is 3. The Hall–Kier alpha value is -2.17. The molecule has 0 unspecified atom stereocenters. The van der Waals surface area contributed by atoms with Gasteiger partial charge in [0.2, 0.25) is 17.1 Å². The molecule has 1 aromatic rings. The van der Waals surface area contributed by atoms with Crippen molar-refractivity contribution < 1.29 is 22.6 Å². The van der Waals surface area contributed by atoms with Crippen LogP contribution in [0.25, 0.3) is 0 Å². The van der Waals surface area contributed by atoms with E-state index in [2.05, 4.69) is 14.5 Å². The van der Waals surface area contributed by atoms with E-state index in [-0.39, 0.29) is 12.0 Å². The van der Waals surface area contributed by atoms with E-state index in [1.54, 1.807) is 6.07 Å². The molecule has 1 aromatic heterocycles. The highest BCUT2D eigenvalue weighted by Crippen LogP contribution is 2.27. The van der Waals surface area contributed by atoms with E-state index in [0.717, 1.165) is 13.3 Å². The second kappa shape index (κ2) is 4.78. The number of methoxy groups -OCH3 is 1. The predicted molar refractivity (Wildman–Crippen MR) is 49.6 cm³/mol. The number of aromatic nitrogens is 1. The van der Waals surface area contributed by atoms with Gasteiger partial charge in [0.15, 0.2) is 0 Å². The van der Waals surface area contributed by atoms with E-state index in [0.29, 0.717) is 0 Å². The number of nitriles is 1. The van der Waals surface area contributed by atoms with Crippen LogP contribution in [0.3, 0.4) is 0 Å². The standard InChI is InChI=1S/C9H7F3N2O3/c1-16-7-6(15)5(2-3-13)4-14-8(7)17-9(10,11)12/h4H,2H2,1H3,(H,14,15). The van der Waals surface area contributed by atoms with E-state index in [9.17, 15) is 18.0 Å². The Morgan fingerprint density at radius 2 is 2.18 bits per heavy atom. The molecular weight excluding hydrogens is 241 g/mol. The Morgan fingerprint density at radius 1 is 1.53 bits per heavy atom. The maximum absolute atomic E-state index is 12.0. The number of nitrogens with one attached hydrogen (secondary N) is 1. The van der Waals surface area contributed by atoms with Crippen LogP contribution in [0.5, 0.6) is 11.6 Å². The zero-order chi connectivity index (χ0) is 13.1. The molecule has 0 aliphatic carbocycles. The molecule has 1 N–H and O–H groups in total. The molecule has 1 rings (SSSR count). The molecule has 0 spiro atoms. The molecule has 0 bridgehead atoms. The van der Waals surface area contributed by atoms with Gasteiger partial charge in [-0.3, -0.25) is 4.79 Å². The highest BCUT2D eigenvalue weighted by atomic mass is 19.4. The number of pyridine rings is 1. The molecule has 0 aliphatic rings. The number of hydrogen-bond donors (Lipinski definition) is 1. The van der Waals surface area contributed by atoms with Gasteiger partial charge in [0.1, 0.15) is 0 Å². The highest BCUT2D eigenvalue weighted by molar-refractivity contribution is 5.37. The van der Waals surface area contributed by atoms with Crippen LogP contribution in [-0.2, 0) is 6.42 Å². The highest BCUT2D eigenvalue weighted by Gasteiger charge is 2.33. The average molecular weight is 248 g/mol. The van der Waals surface area contributed by atoms with Crippen molar-refractivity contribution in [3.05, 3.63) is 22.0 Å². The molecule has 0 amide bonds. The summed E-state index contributed by atoms with van der Waals surface area (Å²) in [6, 6.07) is 1.71. The van der Waals surface area contributed by atoms with Gasteiger partial charge in [-0.25, -0.2) is 0 Å². The first-order valence-corrected chi connectivity index (χ1v) is 4.30. The van der Waals surface area contributed by atoms with Crippen molar-refractivity contribution in [2.24, 2.45) is 0 Å². The van der Waals surface area contributed by atoms with Crippen LogP contribution in [0.15, 0.2) is 11.0 Å². The number of aromatic amines is 1. The van der Waals surface area contributed by atoms with Gasteiger partial charge in [-0.05, 0) is 0 Å². The Bertz CT molecular complexity index is 502. The minimum absolute atomic E-state index is 0.00104. The molecular formula is C9H7F3N2O3. The van der Waals surface area contributed by atoms with Gasteiger partial charge in [-0.15, -0.1) is 13.2 Å². The fraction of sp³-hybridized carbons (Fsp3) is 0.333. The molecule has 0 saturated carbocycles. The zero-order valence-electron chi connectivity index (χ0n) is 8.59. The van der Waals surface area contributed by atoms with Crippen molar-refractivity contribution in [2.45, 2.75) is 12.8 Å². The summed E-state index contributed by atoms with van der Waals surface area (Å²) in [4.78, 5) is 13.7. The smallest absolute Gasteiger partial charge is 0.488 e. The Kier molecular flexibility index (Phi) is 3.62. The summed E-state index contributed by atoms with van der Waals surface area (Å²) < 4.78 is 44.1. The second-order valence-corrected chi connectivity index (χ2v) is 2.89. The van der Waals surface area contributed by atoms with Gasteiger partial charge >= 0.3 is 6.36 Å². The molecule has 0 fully saturated rings. The minimum Gasteiger partial charge on any atom is -0.488 e. The van der Waals surface area contributed by atoms with Crippen LogP contribution < -0.4 is 14.9 Å². The molecule has 8 heteroatoms. The molecule has 5 nitrogen and oxygen atoms in total. The summed E-state index contributed by atoms with van der Waals surface area (Å²) in [5.41, 5.74) is -0.814. The molecule has 0 aliphatic heterocycles. The first-order valence-electron chi connectivity index (χ1n) is 4.30. The Labute approximate surface area is 93.4 Å². The lowest BCUT2D eigenvalue weighted by molar-refractivity contribution is -0.276. The normalized spacial score (nSPS) is 10.8. The monoisotopic (exact) mass is 248 g/mol. The number of hydrogen-bond acceptors (Lipinski definition) is 4. The van der Waals surface area contributed by atoms with Gasteiger partial charge in [-0.2, -0.15) is 5.26 Å². The van der Waals surface area contributed by atoms with Gasteiger partial charge in [0, 0.05) is 11.8 Å². The largest absolute Gasteiger partial charge is 0.574 e. The third-order valence-electron chi connectivity index (χ3n) is 1.77. The number of rotatable bonds is 3. The maximum Gasteiger partial charge on any atom is 0.574 e. The molecule has 1 heterocycles. The number of nitrogens with zero attached hydrogens (tertiary/aromatic N) is 1. The summed E-state index contributed by atoms with van der Waals surface area (Å²) in [5.74, 6) is -1.46. The Balaban J connectivity index is 3.23. The van der Waals surface area contributed by atoms with Crippen LogP contribution >= 0.6 is 0 Å². The van der Waals surface area contributed by atoms with E-state index < -0.39 is 23.4 Å². The van der Waals surface area contributed by atoms with Crippen molar-refractivity contribution in [1.82, 2.24) is 4.98 Å². The lowest BCUT2D eigenvalue weighted by atomic mass is 10.2. The molecule has 0 saturated heterocycles. The summed E-state index contributed by atoms with van der Waals surface area (Å²) >= 11 is 0. The minimum atomic E-state index is -4.94. The van der Waals surface area contributed by atoms with Crippen LogP contribution in [0.4, 0.5) is 13.2 Å². The van der Waals surface area contributed by atoms with Crippen molar-refractivity contribution in [3.8, 4) is 17.7 Å². The summed E-state index contributed by atoms with van der Waals surface area (Å²) in [6.07, 6.45) is -4.19. The maximum atomic E-state index is 12.0. The van der Waals surface area contributed by atoms with Crippen molar-refractivity contribution >= 4 is 0 Å². The van der Waals surface area contributed by atoms with Crippen LogP contribution in [-0.4, -0.2) is 18.5 Å². The number of alkyl halides is 3. The number of ether oxygens (including phenoxy) is 2. The topological polar surface area (TPSA) is 75.1 Å². The molecule has 0 atom stereocenters. The van der Waals surface area contributed by atoms with Crippen molar-refractivity contribution in [3.63, 3.8) is 0 Å². The van der Waals surface area contributed by atoms with Gasteiger partial charge in [0.05, 0.1) is 19.6 Å². The predicted octanol–water partition coefficient (Wildman–Crippen LogP) is 1.35. The molecule has 0 aromatic carbocycles. The SMILES string of the molecule is COc1c(OC(F)(F)F)[nH]cc(CC#N)c1=O. The molecule has 17 heavy (non-hydrogen) atoms. The fourth-order valence-corrected chi connectivity index (χ4v) is 1.13. The second-order valence-electron chi connectivity index (χ2n) is 2.89. The quantitative estimate of drug-likeness (QED) is 0.875. The van der Waals surface area contributed by atoms with Crippen molar-refractivity contribution in [2.75, 3.05) is 7.11 Å². The van der Waals surface area contributed by atoms with E-state index in [1.165, 1.54) is 0 Å². The van der Waals surface area contributed by atoms with Crippen LogP contribution in [0, 0.1) is 11.3 Å². The zero-order valence-corrected chi connectivity index (χ0v) is 8.59. The van der Waals surface area contributed by atoms with E-state index >= 15 is 0 Å². The third-order valence-corrected chi connectivity index (χ3v) is 1.77. The molecule has 0 radical (unpaired) electrons. The van der Waals surface area contributed by atoms with Crippen LogP contribution in [0.1, 0.15) is 5.56 Å². The third kappa shape index (κ3) is 3.14. The lowest BCUT2D eigenvalue weighted by Crippen LogP contribution is -2.21. The summed E-state index contributed by atoms with van der Waals surface area (Å²) in [6.45, 7) is 0. The van der Waals surface area contributed by atoms with E-state index in [4.69, 9.17) is 5.26 Å². The summed E-state index contributed by atoms with van der Waals surface area (Å²) in [7, 11) is 1.03. The first-order chi connectivity index (χ1) is 7.89. The van der Waals surface area contributed by atoms with Gasteiger partial charge < -0.3 is 14.5 Å². The van der Waals surface area contributed by atoms with E-state index in [1.807, 2.05) is 0 Å².